The Kier molecular flexibility index (Phi) is 7.17. The number of para-hydroxylation sites is 1. The zero-order chi connectivity index (χ0) is 20.8. The van der Waals surface area contributed by atoms with Crippen LogP contribution in [-0.4, -0.2) is 26.4 Å². The summed E-state index contributed by atoms with van der Waals surface area (Å²) in [5, 5.41) is 12.6. The van der Waals surface area contributed by atoms with E-state index in [1.807, 2.05) is 35.9 Å². The van der Waals surface area contributed by atoms with Crippen LogP contribution in [-0.2, 0) is 18.4 Å². The van der Waals surface area contributed by atoms with Gasteiger partial charge in [-0.3, -0.25) is 4.79 Å². The maximum absolute atomic E-state index is 12.4. The number of halogens is 1. The van der Waals surface area contributed by atoms with Crippen LogP contribution < -0.4 is 10.1 Å². The molecule has 3 aromatic rings. The number of nitrogens with zero attached hydrogens (tertiary/aromatic N) is 3. The van der Waals surface area contributed by atoms with Crippen molar-refractivity contribution in [1.82, 2.24) is 14.8 Å². The third-order valence-electron chi connectivity index (χ3n) is 4.30. The normalized spacial score (nSPS) is 10.9. The molecular formula is C21H23ClN4O2S. The van der Waals surface area contributed by atoms with E-state index in [1.165, 1.54) is 11.8 Å². The van der Waals surface area contributed by atoms with E-state index in [4.69, 9.17) is 16.3 Å². The molecule has 1 amide bonds. The average molecular weight is 431 g/mol. The van der Waals surface area contributed by atoms with Crippen molar-refractivity contribution in [2.24, 2.45) is 7.05 Å². The molecule has 0 radical (unpaired) electrons. The van der Waals surface area contributed by atoms with E-state index in [-0.39, 0.29) is 18.3 Å². The van der Waals surface area contributed by atoms with Crippen molar-refractivity contribution in [3.63, 3.8) is 0 Å². The number of anilines is 1. The predicted molar refractivity (Wildman–Crippen MR) is 117 cm³/mol. The Morgan fingerprint density at radius 1 is 1.17 bits per heavy atom. The van der Waals surface area contributed by atoms with Gasteiger partial charge in [0.25, 0.3) is 0 Å². The monoisotopic (exact) mass is 430 g/mol. The van der Waals surface area contributed by atoms with Crippen LogP contribution in [0.3, 0.4) is 0 Å². The fraction of sp³-hybridized carbons (Fsp3) is 0.286. The number of hydrogen-bond donors (Lipinski definition) is 1. The number of amides is 1. The molecule has 0 bridgehead atoms. The molecule has 0 unspecified atom stereocenters. The van der Waals surface area contributed by atoms with Gasteiger partial charge in [-0.1, -0.05) is 55.4 Å². The summed E-state index contributed by atoms with van der Waals surface area (Å²) in [5.41, 5.74) is 1.97. The lowest BCUT2D eigenvalue weighted by Crippen LogP contribution is -2.16. The molecule has 0 aliphatic heterocycles. The molecule has 29 heavy (non-hydrogen) atoms. The summed E-state index contributed by atoms with van der Waals surface area (Å²) >= 11 is 7.21. The van der Waals surface area contributed by atoms with Gasteiger partial charge in [-0.05, 0) is 41.8 Å². The van der Waals surface area contributed by atoms with Gasteiger partial charge in [-0.15, -0.1) is 10.2 Å². The molecule has 1 aromatic heterocycles. The van der Waals surface area contributed by atoms with E-state index >= 15 is 0 Å². The SMILES string of the molecule is CC(C)c1ccccc1NC(=O)CSc1nnc(COc2ccc(Cl)cc2)n1C. The lowest BCUT2D eigenvalue weighted by molar-refractivity contribution is -0.113. The maximum Gasteiger partial charge on any atom is 0.234 e. The Balaban J connectivity index is 1.55. The van der Waals surface area contributed by atoms with Gasteiger partial charge in [0.15, 0.2) is 11.0 Å². The number of ether oxygens (including phenoxy) is 1. The number of carbonyl (C=O) groups excluding carboxylic acids is 1. The van der Waals surface area contributed by atoms with Crippen LogP contribution in [0.1, 0.15) is 31.2 Å². The molecule has 1 heterocycles. The molecule has 0 saturated carbocycles. The second-order valence-corrected chi connectivity index (χ2v) is 8.16. The molecule has 0 aliphatic carbocycles. The van der Waals surface area contributed by atoms with Gasteiger partial charge in [0, 0.05) is 17.8 Å². The number of rotatable bonds is 8. The van der Waals surface area contributed by atoms with Crippen molar-refractivity contribution in [2.45, 2.75) is 31.5 Å². The largest absolute Gasteiger partial charge is 0.486 e. The molecule has 0 aliphatic rings. The Bertz CT molecular complexity index is 973. The molecule has 0 spiro atoms. The Morgan fingerprint density at radius 2 is 1.90 bits per heavy atom. The standard InChI is InChI=1S/C21H23ClN4O2S/c1-14(2)17-6-4-5-7-18(17)23-20(27)13-29-21-25-24-19(26(21)3)12-28-16-10-8-15(22)9-11-16/h4-11,14H,12-13H2,1-3H3,(H,23,27). The number of benzene rings is 2. The van der Waals surface area contributed by atoms with Gasteiger partial charge >= 0.3 is 0 Å². The second-order valence-electron chi connectivity index (χ2n) is 6.78. The minimum atomic E-state index is -0.0786. The zero-order valence-corrected chi connectivity index (χ0v) is 18.1. The molecule has 152 valence electrons. The maximum atomic E-state index is 12.4. The van der Waals surface area contributed by atoms with E-state index in [1.54, 1.807) is 24.3 Å². The third kappa shape index (κ3) is 5.74. The van der Waals surface area contributed by atoms with Crippen molar-refractivity contribution in [2.75, 3.05) is 11.1 Å². The highest BCUT2D eigenvalue weighted by Gasteiger charge is 2.14. The average Bonchev–Trinajstić information content (AvgIpc) is 3.06. The van der Waals surface area contributed by atoms with Crippen LogP contribution in [0.25, 0.3) is 0 Å². The van der Waals surface area contributed by atoms with Gasteiger partial charge in [0.2, 0.25) is 5.91 Å². The molecule has 0 atom stereocenters. The first kappa shape index (κ1) is 21.2. The topological polar surface area (TPSA) is 69.0 Å². The fourth-order valence-corrected chi connectivity index (χ4v) is 3.56. The fourth-order valence-electron chi connectivity index (χ4n) is 2.71. The summed E-state index contributed by atoms with van der Waals surface area (Å²) in [4.78, 5) is 12.4. The van der Waals surface area contributed by atoms with Crippen molar-refractivity contribution in [3.05, 3.63) is 64.9 Å². The van der Waals surface area contributed by atoms with Crippen molar-refractivity contribution in [3.8, 4) is 5.75 Å². The Morgan fingerprint density at radius 3 is 2.62 bits per heavy atom. The molecular weight excluding hydrogens is 408 g/mol. The highest BCUT2D eigenvalue weighted by Crippen LogP contribution is 2.24. The molecule has 0 saturated heterocycles. The number of aromatic nitrogens is 3. The highest BCUT2D eigenvalue weighted by molar-refractivity contribution is 7.99. The van der Waals surface area contributed by atoms with Crippen molar-refractivity contribution >= 4 is 35.0 Å². The first-order chi connectivity index (χ1) is 13.9. The molecule has 8 heteroatoms. The lowest BCUT2D eigenvalue weighted by Gasteiger charge is -2.13. The summed E-state index contributed by atoms with van der Waals surface area (Å²) in [6, 6.07) is 15.0. The van der Waals surface area contributed by atoms with Crippen molar-refractivity contribution < 1.29 is 9.53 Å². The van der Waals surface area contributed by atoms with E-state index in [0.717, 1.165) is 11.3 Å². The van der Waals surface area contributed by atoms with Crippen molar-refractivity contribution in [1.29, 1.82) is 0 Å². The van der Waals surface area contributed by atoms with E-state index < -0.39 is 0 Å². The van der Waals surface area contributed by atoms with E-state index in [9.17, 15) is 4.79 Å². The van der Waals surface area contributed by atoms with Gasteiger partial charge < -0.3 is 14.6 Å². The molecule has 6 nitrogen and oxygen atoms in total. The minimum absolute atomic E-state index is 0.0786. The predicted octanol–water partition coefficient (Wildman–Crippen LogP) is 4.90. The molecule has 2 aromatic carbocycles. The van der Waals surface area contributed by atoms with Gasteiger partial charge in [-0.2, -0.15) is 0 Å². The minimum Gasteiger partial charge on any atom is -0.486 e. The first-order valence-electron chi connectivity index (χ1n) is 9.22. The molecule has 0 fully saturated rings. The lowest BCUT2D eigenvalue weighted by atomic mass is 10.0. The third-order valence-corrected chi connectivity index (χ3v) is 5.57. The van der Waals surface area contributed by atoms with Crippen LogP contribution in [0.4, 0.5) is 5.69 Å². The summed E-state index contributed by atoms with van der Waals surface area (Å²) in [6.45, 7) is 4.49. The smallest absolute Gasteiger partial charge is 0.234 e. The molecule has 1 N–H and O–H groups in total. The van der Waals surface area contributed by atoms with Gasteiger partial charge in [0.05, 0.1) is 5.75 Å². The van der Waals surface area contributed by atoms with Gasteiger partial charge in [-0.25, -0.2) is 0 Å². The number of nitrogens with one attached hydrogen (secondary N) is 1. The quantitative estimate of drug-likeness (QED) is 0.514. The molecule has 3 rings (SSSR count). The Hall–Kier alpha value is -2.51. The number of carbonyl (C=O) groups is 1. The highest BCUT2D eigenvalue weighted by atomic mass is 35.5. The summed E-state index contributed by atoms with van der Waals surface area (Å²) in [6.07, 6.45) is 0. The second kappa shape index (κ2) is 9.80. The van der Waals surface area contributed by atoms with Crippen LogP contribution in [0.2, 0.25) is 5.02 Å². The first-order valence-corrected chi connectivity index (χ1v) is 10.6. The number of hydrogen-bond acceptors (Lipinski definition) is 5. The van der Waals surface area contributed by atoms with Gasteiger partial charge in [0.1, 0.15) is 12.4 Å². The van der Waals surface area contributed by atoms with Crippen LogP contribution in [0.5, 0.6) is 5.75 Å². The van der Waals surface area contributed by atoms with Crippen LogP contribution >= 0.6 is 23.4 Å². The summed E-state index contributed by atoms with van der Waals surface area (Å²) in [5.74, 6) is 1.88. The van der Waals surface area contributed by atoms with Crippen LogP contribution in [0.15, 0.2) is 53.7 Å². The summed E-state index contributed by atoms with van der Waals surface area (Å²) in [7, 11) is 1.86. The zero-order valence-electron chi connectivity index (χ0n) is 16.6. The summed E-state index contributed by atoms with van der Waals surface area (Å²) < 4.78 is 7.54. The Labute approximate surface area is 179 Å². The number of thioether (sulfide) groups is 1. The van der Waals surface area contributed by atoms with E-state index in [2.05, 4.69) is 29.4 Å². The van der Waals surface area contributed by atoms with E-state index in [0.29, 0.717) is 27.7 Å². The van der Waals surface area contributed by atoms with Crippen LogP contribution in [0, 0.1) is 0 Å².